The van der Waals surface area contributed by atoms with Crippen LogP contribution in [0.25, 0.3) is 38.9 Å². The number of benzene rings is 1. The molecule has 0 bridgehead atoms. The molecule has 2 N–H and O–H groups in total. The highest BCUT2D eigenvalue weighted by atomic mass is 16.5. The van der Waals surface area contributed by atoms with E-state index in [-0.39, 0.29) is 0 Å². The van der Waals surface area contributed by atoms with Gasteiger partial charge in [0.15, 0.2) is 5.65 Å². The van der Waals surface area contributed by atoms with E-state index in [4.69, 9.17) is 15.5 Å². The Balaban J connectivity index is 1.19. The fraction of sp³-hybridized carbons (Fsp3) is 0.258. The number of nitrogens with zero attached hydrogens (tertiary/aromatic N) is 8. The van der Waals surface area contributed by atoms with Gasteiger partial charge in [-0.15, -0.1) is 0 Å². The molecule has 1 aromatic carbocycles. The highest BCUT2D eigenvalue weighted by Gasteiger charge is 2.27. The lowest BCUT2D eigenvalue weighted by Crippen LogP contribution is -2.20. The quantitative estimate of drug-likeness (QED) is 0.282. The number of fused-ring (bicyclic) bond motifs is 2. The Kier molecular flexibility index (Phi) is 6.03. The number of ether oxygens (including phenoxy) is 1. The van der Waals surface area contributed by atoms with Gasteiger partial charge >= 0.3 is 0 Å². The van der Waals surface area contributed by atoms with E-state index < -0.39 is 0 Å². The second-order valence-electron chi connectivity index (χ2n) is 10.6. The summed E-state index contributed by atoms with van der Waals surface area (Å²) in [6.45, 7) is 2.50. The van der Waals surface area contributed by atoms with Crippen molar-refractivity contribution in [2.75, 3.05) is 17.7 Å². The zero-order chi connectivity index (χ0) is 28.1. The molecule has 1 aliphatic carbocycles. The third-order valence-electron chi connectivity index (χ3n) is 7.72. The molecule has 0 saturated heterocycles. The van der Waals surface area contributed by atoms with Gasteiger partial charge in [0.05, 0.1) is 28.5 Å². The van der Waals surface area contributed by atoms with Crippen molar-refractivity contribution < 1.29 is 4.74 Å². The Bertz CT molecular complexity index is 1900. The van der Waals surface area contributed by atoms with Crippen LogP contribution < -0.4 is 15.4 Å². The van der Waals surface area contributed by atoms with Gasteiger partial charge in [-0.25, -0.2) is 9.97 Å². The maximum atomic E-state index is 6.29. The van der Waals surface area contributed by atoms with Crippen LogP contribution in [0.5, 0.6) is 5.75 Å². The molecule has 0 unspecified atom stereocenters. The second kappa shape index (κ2) is 9.88. The first-order valence-corrected chi connectivity index (χ1v) is 13.8. The summed E-state index contributed by atoms with van der Waals surface area (Å²) >= 11 is 0. The predicted molar refractivity (Wildman–Crippen MR) is 160 cm³/mol. The third kappa shape index (κ3) is 4.61. The maximum Gasteiger partial charge on any atom is 0.150 e. The number of hydrogen-bond donors (Lipinski definition) is 1. The van der Waals surface area contributed by atoms with Crippen LogP contribution >= 0.6 is 0 Å². The Labute approximate surface area is 237 Å². The predicted octanol–water partition coefficient (Wildman–Crippen LogP) is 5.09. The molecule has 7 rings (SSSR count). The van der Waals surface area contributed by atoms with Gasteiger partial charge in [0.1, 0.15) is 24.5 Å². The summed E-state index contributed by atoms with van der Waals surface area (Å²) in [6.07, 6.45) is 12.4. The van der Waals surface area contributed by atoms with Crippen LogP contribution in [0.2, 0.25) is 0 Å². The first-order valence-electron chi connectivity index (χ1n) is 13.8. The van der Waals surface area contributed by atoms with Crippen molar-refractivity contribution in [3.8, 4) is 22.7 Å². The molecule has 1 aliphatic rings. The molecule has 6 aromatic rings. The number of aryl methyl sites for hydroxylation is 2. The fourth-order valence-corrected chi connectivity index (χ4v) is 5.35. The van der Waals surface area contributed by atoms with E-state index in [1.807, 2.05) is 54.5 Å². The van der Waals surface area contributed by atoms with Crippen LogP contribution in [-0.2, 0) is 20.1 Å². The van der Waals surface area contributed by atoms with E-state index in [0.717, 1.165) is 56.7 Å². The topological polar surface area (TPSA) is 113 Å². The summed E-state index contributed by atoms with van der Waals surface area (Å²) in [4.78, 5) is 20.6. The number of aromatic nitrogens is 7. The monoisotopic (exact) mass is 545 g/mol. The van der Waals surface area contributed by atoms with Crippen molar-refractivity contribution in [1.29, 1.82) is 0 Å². The summed E-state index contributed by atoms with van der Waals surface area (Å²) in [6, 6.07) is 13.0. The summed E-state index contributed by atoms with van der Waals surface area (Å²) < 4.78 is 9.98. The summed E-state index contributed by atoms with van der Waals surface area (Å²) in [5.74, 6) is 1.18. The normalized spacial score (nSPS) is 13.2. The molecule has 0 radical (unpaired) electrons. The lowest BCUT2D eigenvalue weighted by molar-refractivity contribution is 0.306. The zero-order valence-corrected chi connectivity index (χ0v) is 23.3. The molecule has 206 valence electrons. The summed E-state index contributed by atoms with van der Waals surface area (Å²) in [7, 11) is 4.07. The van der Waals surface area contributed by atoms with Crippen molar-refractivity contribution in [2.24, 2.45) is 7.05 Å². The second-order valence-corrected chi connectivity index (χ2v) is 10.6. The standard InChI is InChI=1S/C31H31N9O/c1-4-20-12-28(39(3)21-5-6-21)24-8-7-23(13-27(24)36-20)41-17-19-11-22(15-33-14-19)40-16-25(26-9-10-38(2)37-26)29-30(32)34-18-35-31(29)40/h7-16,18,21H,4-6,17H2,1-3H3,(H2,32,34,35). The third-order valence-corrected chi connectivity index (χ3v) is 7.72. The summed E-state index contributed by atoms with van der Waals surface area (Å²) in [5, 5.41) is 6.48. The van der Waals surface area contributed by atoms with Gasteiger partial charge in [0.25, 0.3) is 0 Å². The minimum Gasteiger partial charge on any atom is -0.489 e. The number of rotatable bonds is 8. The van der Waals surface area contributed by atoms with Crippen LogP contribution in [0.1, 0.15) is 31.0 Å². The number of nitrogens with two attached hydrogens (primary N) is 1. The van der Waals surface area contributed by atoms with Gasteiger partial charge < -0.3 is 15.4 Å². The van der Waals surface area contributed by atoms with Crippen LogP contribution in [0.15, 0.2) is 67.5 Å². The van der Waals surface area contributed by atoms with Gasteiger partial charge in [-0.3, -0.25) is 19.2 Å². The minimum absolute atomic E-state index is 0.359. The lowest BCUT2D eigenvalue weighted by atomic mass is 10.1. The number of hydrogen-bond acceptors (Lipinski definition) is 8. The van der Waals surface area contributed by atoms with Crippen molar-refractivity contribution >= 4 is 33.4 Å². The molecule has 1 saturated carbocycles. The van der Waals surface area contributed by atoms with Crippen molar-refractivity contribution in [3.63, 3.8) is 0 Å². The molecule has 0 aliphatic heterocycles. The van der Waals surface area contributed by atoms with Crippen LogP contribution in [0, 0.1) is 0 Å². The molecule has 41 heavy (non-hydrogen) atoms. The van der Waals surface area contributed by atoms with E-state index in [1.54, 1.807) is 10.9 Å². The van der Waals surface area contributed by atoms with Crippen LogP contribution in [-0.4, -0.2) is 47.4 Å². The highest BCUT2D eigenvalue weighted by molar-refractivity contribution is 6.00. The molecular formula is C31H31N9O. The number of anilines is 2. The van der Waals surface area contributed by atoms with Gasteiger partial charge in [0, 0.05) is 72.7 Å². The Morgan fingerprint density at radius 3 is 2.76 bits per heavy atom. The van der Waals surface area contributed by atoms with Crippen molar-refractivity contribution in [1.82, 2.24) is 34.3 Å². The molecule has 10 heteroatoms. The van der Waals surface area contributed by atoms with Crippen molar-refractivity contribution in [2.45, 2.75) is 38.8 Å². The Morgan fingerprint density at radius 2 is 1.98 bits per heavy atom. The molecule has 10 nitrogen and oxygen atoms in total. The van der Waals surface area contributed by atoms with E-state index in [2.05, 4.69) is 51.1 Å². The van der Waals surface area contributed by atoms with Gasteiger partial charge in [0.2, 0.25) is 0 Å². The molecule has 0 atom stereocenters. The molecule has 5 aromatic heterocycles. The molecule has 5 heterocycles. The number of pyridine rings is 2. The van der Waals surface area contributed by atoms with Crippen LogP contribution in [0.3, 0.4) is 0 Å². The first-order chi connectivity index (χ1) is 20.0. The zero-order valence-electron chi connectivity index (χ0n) is 23.3. The average Bonchev–Trinajstić information content (AvgIpc) is 3.64. The molecule has 0 spiro atoms. The van der Waals surface area contributed by atoms with E-state index in [1.165, 1.54) is 24.9 Å². The molecular weight excluding hydrogens is 514 g/mol. The average molecular weight is 546 g/mol. The van der Waals surface area contributed by atoms with Crippen molar-refractivity contribution in [3.05, 3.63) is 78.8 Å². The fourth-order valence-electron chi connectivity index (χ4n) is 5.35. The SMILES string of the molecule is CCc1cc(N(C)C2CC2)c2ccc(OCc3cncc(-n4cc(-c5ccn(C)n5)c5c(N)ncnc54)c3)cc2n1. The minimum atomic E-state index is 0.359. The van der Waals surface area contributed by atoms with Gasteiger partial charge in [-0.05, 0) is 49.6 Å². The van der Waals surface area contributed by atoms with Gasteiger partial charge in [-0.2, -0.15) is 5.10 Å². The van der Waals surface area contributed by atoms with E-state index in [9.17, 15) is 0 Å². The lowest BCUT2D eigenvalue weighted by Gasteiger charge is -2.21. The first kappa shape index (κ1) is 25.0. The van der Waals surface area contributed by atoms with E-state index in [0.29, 0.717) is 24.1 Å². The van der Waals surface area contributed by atoms with Gasteiger partial charge in [-0.1, -0.05) is 6.92 Å². The summed E-state index contributed by atoms with van der Waals surface area (Å²) in [5.41, 5.74) is 13.7. The number of nitrogen functional groups attached to an aromatic ring is 1. The molecule has 1 fully saturated rings. The molecule has 0 amide bonds. The Hall–Kier alpha value is -4.99. The maximum absolute atomic E-state index is 6.29. The Morgan fingerprint density at radius 1 is 1.10 bits per heavy atom. The smallest absolute Gasteiger partial charge is 0.150 e. The van der Waals surface area contributed by atoms with E-state index >= 15 is 0 Å². The highest BCUT2D eigenvalue weighted by Crippen LogP contribution is 2.36. The largest absolute Gasteiger partial charge is 0.489 e. The van der Waals surface area contributed by atoms with Crippen LogP contribution in [0.4, 0.5) is 11.5 Å².